The molecule has 1 aliphatic carbocycles. The second-order valence-electron chi connectivity index (χ2n) is 9.27. The summed E-state index contributed by atoms with van der Waals surface area (Å²) in [5.41, 5.74) is -0.326. The fourth-order valence-electron chi connectivity index (χ4n) is 6.15. The first-order valence-corrected chi connectivity index (χ1v) is 10.9. The molecule has 0 bridgehead atoms. The molecule has 1 N–H and O–H groups in total. The molecule has 0 unspecified atom stereocenters. The smallest absolute Gasteiger partial charge is 0.128 e. The van der Waals surface area contributed by atoms with Gasteiger partial charge in [-0.25, -0.2) is 4.98 Å². The maximum atomic E-state index is 11.9. The number of pyridine rings is 1. The zero-order chi connectivity index (χ0) is 20.2. The normalized spacial score (nSPS) is 29.4. The van der Waals surface area contributed by atoms with Gasteiger partial charge in [0.15, 0.2) is 0 Å². The minimum absolute atomic E-state index is 0.239. The summed E-state index contributed by atoms with van der Waals surface area (Å²) >= 11 is 3.51. The monoisotopic (exact) mass is 443 g/mol. The molecule has 4 nitrogen and oxygen atoms in total. The quantitative estimate of drug-likeness (QED) is 0.767. The first-order valence-electron chi connectivity index (χ1n) is 10.1. The van der Waals surface area contributed by atoms with E-state index in [1.54, 1.807) is 0 Å². The molecule has 2 aromatic rings. The Balaban J connectivity index is 1.54. The summed E-state index contributed by atoms with van der Waals surface area (Å²) in [5, 5.41) is 11.9. The molecule has 1 aromatic carbocycles. The van der Waals surface area contributed by atoms with E-state index in [1.807, 2.05) is 30.5 Å². The van der Waals surface area contributed by atoms with Crippen molar-refractivity contribution in [2.45, 2.75) is 39.3 Å². The van der Waals surface area contributed by atoms with Crippen LogP contribution in [0.5, 0.6) is 0 Å². The number of nitrogens with zero attached hydrogens (tertiary/aromatic N) is 3. The Hall–Kier alpha value is -1.43. The summed E-state index contributed by atoms with van der Waals surface area (Å²) in [7, 11) is 0. The van der Waals surface area contributed by atoms with Crippen molar-refractivity contribution in [2.24, 2.45) is 10.8 Å². The van der Waals surface area contributed by atoms with Crippen LogP contribution < -0.4 is 4.90 Å². The molecule has 1 aliphatic heterocycles. The number of aromatic nitrogens is 1. The number of benzene rings is 1. The summed E-state index contributed by atoms with van der Waals surface area (Å²) in [6.07, 6.45) is 1.86. The van der Waals surface area contributed by atoms with Crippen LogP contribution in [0.2, 0.25) is 0 Å². The largest absolute Gasteiger partial charge is 0.384 e. The molecule has 150 valence electrons. The molecule has 0 atom stereocenters. The van der Waals surface area contributed by atoms with Crippen molar-refractivity contribution < 1.29 is 5.11 Å². The number of hydrogen-bond acceptors (Lipinski definition) is 4. The van der Waals surface area contributed by atoms with E-state index in [0.717, 1.165) is 42.0 Å². The number of halogens is 1. The fourth-order valence-corrected chi connectivity index (χ4v) is 6.41. The molecule has 1 saturated heterocycles. The van der Waals surface area contributed by atoms with E-state index in [2.05, 4.69) is 76.6 Å². The maximum Gasteiger partial charge on any atom is 0.128 e. The SMILES string of the molecule is CC1(C)C(N2CCN(c3ccccn3)CC2)C(C)(C)C1(O)c1ccc(Br)cc1. The molecule has 0 radical (unpaired) electrons. The molecular formula is C23H30BrN3O. The maximum absolute atomic E-state index is 11.9. The van der Waals surface area contributed by atoms with Crippen molar-refractivity contribution in [3.8, 4) is 0 Å². The average Bonchev–Trinajstić information content (AvgIpc) is 2.68. The van der Waals surface area contributed by atoms with Gasteiger partial charge in [0.2, 0.25) is 0 Å². The van der Waals surface area contributed by atoms with E-state index < -0.39 is 5.60 Å². The van der Waals surface area contributed by atoms with Gasteiger partial charge in [-0.05, 0) is 29.8 Å². The minimum Gasteiger partial charge on any atom is -0.384 e. The van der Waals surface area contributed by atoms with E-state index in [0.29, 0.717) is 6.04 Å². The number of piperazine rings is 1. The molecule has 1 saturated carbocycles. The Labute approximate surface area is 176 Å². The molecule has 4 rings (SSSR count). The third-order valence-corrected chi connectivity index (χ3v) is 7.68. The van der Waals surface area contributed by atoms with Crippen LogP contribution in [0, 0.1) is 10.8 Å². The van der Waals surface area contributed by atoms with E-state index in [1.165, 1.54) is 0 Å². The lowest BCUT2D eigenvalue weighted by Gasteiger charge is -2.72. The molecule has 1 aromatic heterocycles. The van der Waals surface area contributed by atoms with Gasteiger partial charge in [-0.1, -0.05) is 61.8 Å². The molecule has 2 aliphatic rings. The summed E-state index contributed by atoms with van der Waals surface area (Å²) in [6, 6.07) is 14.6. The highest BCUT2D eigenvalue weighted by Gasteiger charge is 2.73. The lowest BCUT2D eigenvalue weighted by atomic mass is 9.39. The molecule has 0 spiro atoms. The van der Waals surface area contributed by atoms with Crippen LogP contribution in [0.4, 0.5) is 5.82 Å². The number of anilines is 1. The first-order chi connectivity index (χ1) is 13.2. The van der Waals surface area contributed by atoms with Crippen molar-refractivity contribution in [1.29, 1.82) is 0 Å². The van der Waals surface area contributed by atoms with Crippen LogP contribution in [0.25, 0.3) is 0 Å². The predicted octanol–water partition coefficient (Wildman–Crippen LogP) is 4.29. The number of aliphatic hydroxyl groups is 1. The predicted molar refractivity (Wildman–Crippen MR) is 117 cm³/mol. The zero-order valence-electron chi connectivity index (χ0n) is 17.2. The number of rotatable bonds is 3. The van der Waals surface area contributed by atoms with Gasteiger partial charge < -0.3 is 10.0 Å². The zero-order valence-corrected chi connectivity index (χ0v) is 18.8. The van der Waals surface area contributed by atoms with Crippen LogP contribution in [-0.4, -0.2) is 47.2 Å². The topological polar surface area (TPSA) is 39.6 Å². The Morgan fingerprint density at radius 3 is 2.07 bits per heavy atom. The second kappa shape index (κ2) is 6.82. The Bertz CT molecular complexity index is 811. The molecule has 0 amide bonds. The van der Waals surface area contributed by atoms with Gasteiger partial charge in [0, 0.05) is 53.7 Å². The third kappa shape index (κ3) is 2.74. The van der Waals surface area contributed by atoms with Crippen LogP contribution in [0.15, 0.2) is 53.1 Å². The fraction of sp³-hybridized carbons (Fsp3) is 0.522. The Morgan fingerprint density at radius 2 is 1.54 bits per heavy atom. The van der Waals surface area contributed by atoms with Gasteiger partial charge >= 0.3 is 0 Å². The highest BCUT2D eigenvalue weighted by molar-refractivity contribution is 9.10. The lowest BCUT2D eigenvalue weighted by Crippen LogP contribution is -2.79. The molecule has 5 heteroatoms. The Morgan fingerprint density at radius 1 is 0.929 bits per heavy atom. The van der Waals surface area contributed by atoms with E-state index in [-0.39, 0.29) is 10.8 Å². The van der Waals surface area contributed by atoms with Gasteiger partial charge in [0.25, 0.3) is 0 Å². The molecule has 28 heavy (non-hydrogen) atoms. The van der Waals surface area contributed by atoms with Gasteiger partial charge in [-0.2, -0.15) is 0 Å². The van der Waals surface area contributed by atoms with Crippen molar-refractivity contribution in [1.82, 2.24) is 9.88 Å². The van der Waals surface area contributed by atoms with Gasteiger partial charge in [-0.3, -0.25) is 4.90 Å². The second-order valence-corrected chi connectivity index (χ2v) is 10.2. The van der Waals surface area contributed by atoms with Crippen LogP contribution in [0.3, 0.4) is 0 Å². The van der Waals surface area contributed by atoms with Crippen molar-refractivity contribution >= 4 is 21.7 Å². The Kier molecular flexibility index (Phi) is 4.84. The first kappa shape index (κ1) is 19.9. The summed E-state index contributed by atoms with van der Waals surface area (Å²) in [6.45, 7) is 12.8. The van der Waals surface area contributed by atoms with Crippen LogP contribution >= 0.6 is 15.9 Å². The lowest BCUT2D eigenvalue weighted by molar-refractivity contribution is -0.307. The van der Waals surface area contributed by atoms with Crippen molar-refractivity contribution in [2.75, 3.05) is 31.1 Å². The van der Waals surface area contributed by atoms with Gasteiger partial charge in [0.05, 0.1) is 0 Å². The van der Waals surface area contributed by atoms with E-state index >= 15 is 0 Å². The van der Waals surface area contributed by atoms with Crippen molar-refractivity contribution in [3.05, 3.63) is 58.7 Å². The standard InChI is InChI=1S/C23H30BrN3O/c1-21(2)20(22(3,4)23(21,28)17-8-10-18(24)11-9-17)27-15-13-26(14-16-27)19-7-5-6-12-25-19/h5-12,20,28H,13-16H2,1-4H3. The molecule has 2 heterocycles. The van der Waals surface area contributed by atoms with Crippen molar-refractivity contribution in [3.63, 3.8) is 0 Å². The van der Waals surface area contributed by atoms with E-state index in [4.69, 9.17) is 0 Å². The number of hydrogen-bond donors (Lipinski definition) is 1. The summed E-state index contributed by atoms with van der Waals surface area (Å²) < 4.78 is 1.04. The van der Waals surface area contributed by atoms with E-state index in [9.17, 15) is 5.11 Å². The molecule has 2 fully saturated rings. The van der Waals surface area contributed by atoms with Gasteiger partial charge in [-0.15, -0.1) is 0 Å². The minimum atomic E-state index is -0.858. The summed E-state index contributed by atoms with van der Waals surface area (Å²) in [4.78, 5) is 9.43. The van der Waals surface area contributed by atoms with Crippen LogP contribution in [0.1, 0.15) is 33.3 Å². The third-order valence-electron chi connectivity index (χ3n) is 7.15. The summed E-state index contributed by atoms with van der Waals surface area (Å²) in [5.74, 6) is 1.06. The average molecular weight is 444 g/mol. The van der Waals surface area contributed by atoms with Crippen LogP contribution in [-0.2, 0) is 5.60 Å². The molecular weight excluding hydrogens is 414 g/mol. The highest BCUT2D eigenvalue weighted by Crippen LogP contribution is 2.68. The highest BCUT2D eigenvalue weighted by atomic mass is 79.9. The van der Waals surface area contributed by atoms with Gasteiger partial charge in [0.1, 0.15) is 11.4 Å².